The fraction of sp³-hybridized carbons (Fsp3) is 0.0588. The average molecular weight is 261 g/mol. The topological polar surface area (TPSA) is 39.2 Å². The molecule has 3 heteroatoms. The molecular formula is C17H11NO2. The van der Waals surface area contributed by atoms with Gasteiger partial charge in [0, 0.05) is 17.1 Å². The Morgan fingerprint density at radius 1 is 1.00 bits per heavy atom. The quantitative estimate of drug-likeness (QED) is 0.526. The Kier molecular flexibility index (Phi) is 2.18. The van der Waals surface area contributed by atoms with Gasteiger partial charge in [-0.3, -0.25) is 9.78 Å². The van der Waals surface area contributed by atoms with Crippen LogP contribution in [0.25, 0.3) is 21.9 Å². The molecule has 0 fully saturated rings. The smallest absolute Gasteiger partial charge is 0.212 e. The van der Waals surface area contributed by atoms with Crippen LogP contribution in [-0.2, 0) is 0 Å². The van der Waals surface area contributed by atoms with Crippen LogP contribution in [0.5, 0.6) is 5.75 Å². The third-order valence-electron chi connectivity index (χ3n) is 3.77. The van der Waals surface area contributed by atoms with E-state index >= 15 is 0 Å². The Bertz CT molecular complexity index is 863. The fourth-order valence-corrected chi connectivity index (χ4v) is 2.83. The highest BCUT2D eigenvalue weighted by Crippen LogP contribution is 2.39. The molecule has 3 nitrogen and oxygen atoms in total. The molecule has 0 unspecified atom stereocenters. The summed E-state index contributed by atoms with van der Waals surface area (Å²) in [6, 6.07) is 13.6. The van der Waals surface area contributed by atoms with E-state index in [4.69, 9.17) is 4.74 Å². The molecule has 0 atom stereocenters. The van der Waals surface area contributed by atoms with E-state index in [0.29, 0.717) is 17.0 Å². The Labute approximate surface area is 115 Å². The third kappa shape index (κ3) is 1.35. The minimum absolute atomic E-state index is 0.0387. The molecule has 0 amide bonds. The molecule has 0 radical (unpaired) electrons. The number of pyridine rings is 1. The van der Waals surface area contributed by atoms with Crippen LogP contribution >= 0.6 is 0 Å². The largest absolute Gasteiger partial charge is 0.497 e. The number of fused-ring (bicyclic) bond motifs is 2. The second-order valence-corrected chi connectivity index (χ2v) is 4.80. The summed E-state index contributed by atoms with van der Waals surface area (Å²) in [4.78, 5) is 16.9. The van der Waals surface area contributed by atoms with Crippen molar-refractivity contribution in [2.24, 2.45) is 0 Å². The van der Waals surface area contributed by atoms with E-state index in [9.17, 15) is 4.79 Å². The highest BCUT2D eigenvalue weighted by Gasteiger charge is 2.26. The summed E-state index contributed by atoms with van der Waals surface area (Å²) in [6.45, 7) is 0. The first-order chi connectivity index (χ1) is 9.79. The number of hydrogen-bond donors (Lipinski definition) is 0. The Morgan fingerprint density at radius 3 is 2.75 bits per heavy atom. The van der Waals surface area contributed by atoms with Gasteiger partial charge in [-0.2, -0.15) is 0 Å². The van der Waals surface area contributed by atoms with Gasteiger partial charge in [-0.1, -0.05) is 18.2 Å². The van der Waals surface area contributed by atoms with E-state index in [2.05, 4.69) is 4.98 Å². The van der Waals surface area contributed by atoms with Crippen LogP contribution in [-0.4, -0.2) is 17.9 Å². The molecule has 4 rings (SSSR count). The second-order valence-electron chi connectivity index (χ2n) is 4.80. The zero-order chi connectivity index (χ0) is 13.7. The van der Waals surface area contributed by atoms with Crippen molar-refractivity contribution < 1.29 is 9.53 Å². The van der Waals surface area contributed by atoms with Gasteiger partial charge in [-0.05, 0) is 40.8 Å². The molecule has 2 aromatic carbocycles. The summed E-state index contributed by atoms with van der Waals surface area (Å²) in [7, 11) is 1.60. The van der Waals surface area contributed by atoms with Crippen LogP contribution in [0, 0.1) is 0 Å². The SMILES string of the molecule is COc1ccc2c(c1)C(=O)c1nccc3cccc-2c13. The number of hydrogen-bond acceptors (Lipinski definition) is 3. The second kappa shape index (κ2) is 3.90. The number of carbonyl (C=O) groups is 1. The number of ether oxygens (including phenoxy) is 1. The van der Waals surface area contributed by atoms with Gasteiger partial charge in [-0.25, -0.2) is 0 Å². The maximum atomic E-state index is 12.6. The van der Waals surface area contributed by atoms with E-state index in [-0.39, 0.29) is 5.78 Å². The van der Waals surface area contributed by atoms with Crippen LogP contribution in [0.3, 0.4) is 0 Å². The Hall–Kier alpha value is -2.68. The van der Waals surface area contributed by atoms with Crippen LogP contribution in [0.2, 0.25) is 0 Å². The van der Waals surface area contributed by atoms with Crippen molar-refractivity contribution in [1.82, 2.24) is 4.98 Å². The Balaban J connectivity index is 2.16. The van der Waals surface area contributed by atoms with Crippen LogP contribution in [0.1, 0.15) is 16.1 Å². The molecule has 0 saturated carbocycles. The van der Waals surface area contributed by atoms with E-state index < -0.39 is 0 Å². The maximum Gasteiger partial charge on any atom is 0.212 e. The summed E-state index contributed by atoms with van der Waals surface area (Å²) in [6.07, 6.45) is 1.69. The number of methoxy groups -OCH3 is 1. The molecule has 1 aliphatic carbocycles. The number of aromatic nitrogens is 1. The molecule has 0 aliphatic heterocycles. The van der Waals surface area contributed by atoms with Crippen molar-refractivity contribution in [2.45, 2.75) is 0 Å². The maximum absolute atomic E-state index is 12.6. The first kappa shape index (κ1) is 11.2. The molecule has 1 heterocycles. The zero-order valence-corrected chi connectivity index (χ0v) is 10.9. The summed E-state index contributed by atoms with van der Waals surface area (Å²) >= 11 is 0. The highest BCUT2D eigenvalue weighted by atomic mass is 16.5. The van der Waals surface area contributed by atoms with Gasteiger partial charge in [0.05, 0.1) is 7.11 Å². The van der Waals surface area contributed by atoms with Crippen molar-refractivity contribution in [1.29, 1.82) is 0 Å². The molecule has 0 spiro atoms. The number of carbonyl (C=O) groups excluding carboxylic acids is 1. The minimum atomic E-state index is -0.0387. The number of rotatable bonds is 1. The van der Waals surface area contributed by atoms with Crippen molar-refractivity contribution in [3.63, 3.8) is 0 Å². The van der Waals surface area contributed by atoms with Crippen LogP contribution in [0.15, 0.2) is 48.7 Å². The normalized spacial score (nSPS) is 12.3. The summed E-state index contributed by atoms with van der Waals surface area (Å²) in [5.74, 6) is 0.645. The van der Waals surface area contributed by atoms with Gasteiger partial charge < -0.3 is 4.74 Å². The summed E-state index contributed by atoms with van der Waals surface area (Å²) < 4.78 is 5.22. The molecular weight excluding hydrogens is 250 g/mol. The predicted molar refractivity (Wildman–Crippen MR) is 77.2 cm³/mol. The Morgan fingerprint density at radius 2 is 1.90 bits per heavy atom. The minimum Gasteiger partial charge on any atom is -0.497 e. The van der Waals surface area contributed by atoms with Crippen molar-refractivity contribution >= 4 is 16.6 Å². The van der Waals surface area contributed by atoms with Crippen LogP contribution < -0.4 is 4.74 Å². The van der Waals surface area contributed by atoms with E-state index in [1.165, 1.54) is 0 Å². The third-order valence-corrected chi connectivity index (χ3v) is 3.77. The van der Waals surface area contributed by atoms with Crippen molar-refractivity contribution in [3.8, 4) is 16.9 Å². The first-order valence-corrected chi connectivity index (χ1v) is 6.40. The summed E-state index contributed by atoms with van der Waals surface area (Å²) in [5, 5.41) is 1.99. The van der Waals surface area contributed by atoms with Gasteiger partial charge in [0.15, 0.2) is 0 Å². The number of benzene rings is 2. The van der Waals surface area contributed by atoms with Crippen molar-refractivity contribution in [2.75, 3.05) is 7.11 Å². The zero-order valence-electron chi connectivity index (χ0n) is 10.9. The lowest BCUT2D eigenvalue weighted by Gasteiger charge is -2.19. The molecule has 3 aromatic rings. The van der Waals surface area contributed by atoms with Gasteiger partial charge in [0.2, 0.25) is 5.78 Å². The molecule has 0 N–H and O–H groups in total. The molecule has 96 valence electrons. The molecule has 0 bridgehead atoms. The number of nitrogens with zero attached hydrogens (tertiary/aromatic N) is 1. The van der Waals surface area contributed by atoms with Gasteiger partial charge >= 0.3 is 0 Å². The average Bonchev–Trinajstić information content (AvgIpc) is 2.51. The monoisotopic (exact) mass is 261 g/mol. The van der Waals surface area contributed by atoms with E-state index in [1.54, 1.807) is 19.4 Å². The standard InChI is InChI=1S/C17H11NO2/c1-20-11-5-6-12-13-4-2-3-10-7-8-18-16(15(10)13)17(19)14(12)9-11/h2-9H,1H3. The lowest BCUT2D eigenvalue weighted by atomic mass is 9.85. The molecule has 0 saturated heterocycles. The van der Waals surface area contributed by atoms with Gasteiger partial charge in [0.1, 0.15) is 11.4 Å². The van der Waals surface area contributed by atoms with E-state index in [0.717, 1.165) is 21.9 Å². The van der Waals surface area contributed by atoms with E-state index in [1.807, 2.05) is 36.4 Å². The molecule has 1 aliphatic rings. The highest BCUT2D eigenvalue weighted by molar-refractivity contribution is 6.24. The number of ketones is 1. The summed E-state index contributed by atoms with van der Waals surface area (Å²) in [5.41, 5.74) is 3.19. The van der Waals surface area contributed by atoms with Gasteiger partial charge in [-0.15, -0.1) is 0 Å². The van der Waals surface area contributed by atoms with Gasteiger partial charge in [0.25, 0.3) is 0 Å². The van der Waals surface area contributed by atoms with Crippen molar-refractivity contribution in [3.05, 3.63) is 59.9 Å². The lowest BCUT2D eigenvalue weighted by molar-refractivity contribution is 0.103. The lowest BCUT2D eigenvalue weighted by Crippen LogP contribution is -2.12. The predicted octanol–water partition coefficient (Wildman–Crippen LogP) is 3.45. The fourth-order valence-electron chi connectivity index (χ4n) is 2.83. The van der Waals surface area contributed by atoms with Crippen LogP contribution in [0.4, 0.5) is 0 Å². The molecule has 1 aromatic heterocycles. The first-order valence-electron chi connectivity index (χ1n) is 6.40. The molecule has 20 heavy (non-hydrogen) atoms.